The van der Waals surface area contributed by atoms with Gasteiger partial charge in [0.05, 0.1) is 7.11 Å². The highest BCUT2D eigenvalue weighted by atomic mass is 35.5. The van der Waals surface area contributed by atoms with E-state index in [0.29, 0.717) is 12.8 Å². The van der Waals surface area contributed by atoms with Crippen LogP contribution in [-0.4, -0.2) is 54.0 Å². The van der Waals surface area contributed by atoms with Crippen molar-refractivity contribution in [3.63, 3.8) is 0 Å². The van der Waals surface area contributed by atoms with Crippen LogP contribution in [0.4, 0.5) is 0 Å². The molecule has 0 aromatic heterocycles. The van der Waals surface area contributed by atoms with Crippen molar-refractivity contribution in [3.05, 3.63) is 34.3 Å². The van der Waals surface area contributed by atoms with Crippen LogP contribution in [0.2, 0.25) is 5.02 Å². The van der Waals surface area contributed by atoms with Crippen molar-refractivity contribution in [1.82, 2.24) is 9.80 Å². The monoisotopic (exact) mass is 364 g/mol. The number of ether oxygens (including phenoxy) is 1. The van der Waals surface area contributed by atoms with Crippen LogP contribution in [0, 0.1) is 6.92 Å². The number of carbonyl (C=O) groups excluding carboxylic acids is 2. The Morgan fingerprint density at radius 1 is 1.28 bits per heavy atom. The number of hydrogen-bond donors (Lipinski definition) is 0. The molecule has 0 saturated carbocycles. The molecule has 2 aliphatic heterocycles. The third-order valence-electron chi connectivity index (χ3n) is 5.31. The van der Waals surface area contributed by atoms with E-state index in [1.54, 1.807) is 4.90 Å². The highest BCUT2D eigenvalue weighted by molar-refractivity contribution is 6.31. The summed E-state index contributed by atoms with van der Waals surface area (Å²) in [6.45, 7) is 4.75. The van der Waals surface area contributed by atoms with Crippen molar-refractivity contribution >= 4 is 23.5 Å². The van der Waals surface area contributed by atoms with Crippen LogP contribution >= 0.6 is 11.6 Å². The lowest BCUT2D eigenvalue weighted by Gasteiger charge is -2.38. The number of esters is 1. The number of likely N-dealkylation sites (tertiary alicyclic amines) is 2. The lowest BCUT2D eigenvalue weighted by molar-refractivity contribution is -0.151. The van der Waals surface area contributed by atoms with Crippen molar-refractivity contribution in [2.45, 2.75) is 51.2 Å². The highest BCUT2D eigenvalue weighted by Gasteiger charge is 2.41. The normalized spacial score (nSPS) is 22.4. The summed E-state index contributed by atoms with van der Waals surface area (Å²) in [6.07, 6.45) is 2.82. The maximum Gasteiger partial charge on any atom is 0.328 e. The van der Waals surface area contributed by atoms with E-state index in [9.17, 15) is 9.59 Å². The second-order valence-electron chi connectivity index (χ2n) is 6.97. The first-order valence-electron chi connectivity index (χ1n) is 8.86. The molecular weight excluding hydrogens is 340 g/mol. The van der Waals surface area contributed by atoms with Gasteiger partial charge in [-0.05, 0) is 43.4 Å². The third-order valence-corrected chi connectivity index (χ3v) is 5.73. The zero-order valence-corrected chi connectivity index (χ0v) is 15.6. The molecule has 6 heteroatoms. The van der Waals surface area contributed by atoms with Gasteiger partial charge in [-0.2, -0.15) is 0 Å². The number of carbonyl (C=O) groups is 2. The van der Waals surface area contributed by atoms with Crippen LogP contribution < -0.4 is 0 Å². The first-order chi connectivity index (χ1) is 12.0. The number of rotatable bonds is 4. The molecule has 2 heterocycles. The Bertz CT molecular complexity index is 656. The maximum atomic E-state index is 12.2. The van der Waals surface area contributed by atoms with Crippen molar-refractivity contribution in [2.75, 3.05) is 20.2 Å². The molecule has 1 aromatic rings. The quantitative estimate of drug-likeness (QED) is 0.771. The van der Waals surface area contributed by atoms with Crippen molar-refractivity contribution in [1.29, 1.82) is 0 Å². The summed E-state index contributed by atoms with van der Waals surface area (Å²) in [5, 5.41) is 0.795. The van der Waals surface area contributed by atoms with Gasteiger partial charge < -0.3 is 9.64 Å². The zero-order valence-electron chi connectivity index (χ0n) is 14.8. The van der Waals surface area contributed by atoms with Crippen LogP contribution in [0.25, 0.3) is 0 Å². The minimum absolute atomic E-state index is 0.0853. The van der Waals surface area contributed by atoms with E-state index in [1.165, 1.54) is 12.7 Å². The van der Waals surface area contributed by atoms with Gasteiger partial charge in [0.15, 0.2) is 0 Å². The number of piperidine rings is 1. The van der Waals surface area contributed by atoms with Gasteiger partial charge in [0.2, 0.25) is 5.91 Å². The molecule has 0 N–H and O–H groups in total. The van der Waals surface area contributed by atoms with Crippen LogP contribution in [-0.2, 0) is 20.9 Å². The van der Waals surface area contributed by atoms with E-state index >= 15 is 0 Å². The largest absolute Gasteiger partial charge is 0.467 e. The molecule has 2 fully saturated rings. The molecule has 2 saturated heterocycles. The van der Waals surface area contributed by atoms with Crippen LogP contribution in [0.15, 0.2) is 18.2 Å². The van der Waals surface area contributed by atoms with Crippen molar-refractivity contribution in [2.24, 2.45) is 0 Å². The molecule has 0 aliphatic carbocycles. The standard InChI is InChI=1S/C19H25ClN2O3/c1-13-11-14(3-4-16(13)20)12-21-9-7-15(8-10-21)22-17(19(24)25-2)5-6-18(22)23/h3-4,11,15,17H,5-10,12H2,1-2H3/t17-/m1/s1. The predicted molar refractivity (Wildman–Crippen MR) is 96.4 cm³/mol. The molecule has 0 radical (unpaired) electrons. The molecule has 1 aromatic carbocycles. The second-order valence-corrected chi connectivity index (χ2v) is 7.38. The smallest absolute Gasteiger partial charge is 0.328 e. The molecule has 25 heavy (non-hydrogen) atoms. The van der Waals surface area contributed by atoms with E-state index in [4.69, 9.17) is 16.3 Å². The van der Waals surface area contributed by atoms with E-state index in [-0.39, 0.29) is 17.9 Å². The number of nitrogens with zero attached hydrogens (tertiary/aromatic N) is 2. The number of benzene rings is 1. The first-order valence-corrected chi connectivity index (χ1v) is 9.23. The molecule has 0 unspecified atom stereocenters. The van der Waals surface area contributed by atoms with E-state index in [1.807, 2.05) is 13.0 Å². The number of halogens is 1. The maximum absolute atomic E-state index is 12.2. The van der Waals surface area contributed by atoms with Gasteiger partial charge in [-0.15, -0.1) is 0 Å². The Labute approximate surface area is 153 Å². The summed E-state index contributed by atoms with van der Waals surface area (Å²) in [6, 6.07) is 5.89. The molecule has 0 bridgehead atoms. The van der Waals surface area contributed by atoms with E-state index in [2.05, 4.69) is 17.0 Å². The summed E-state index contributed by atoms with van der Waals surface area (Å²) < 4.78 is 4.87. The van der Waals surface area contributed by atoms with Crippen LogP contribution in [0.5, 0.6) is 0 Å². The highest BCUT2D eigenvalue weighted by Crippen LogP contribution is 2.28. The fourth-order valence-electron chi connectivity index (χ4n) is 3.95. The molecule has 2 aliphatic rings. The van der Waals surface area contributed by atoms with Crippen molar-refractivity contribution in [3.8, 4) is 0 Å². The average molecular weight is 365 g/mol. The topological polar surface area (TPSA) is 49.9 Å². The fourth-order valence-corrected chi connectivity index (χ4v) is 4.06. The minimum Gasteiger partial charge on any atom is -0.467 e. The summed E-state index contributed by atoms with van der Waals surface area (Å²) in [7, 11) is 1.39. The Balaban J connectivity index is 1.58. The minimum atomic E-state index is -0.395. The molecular formula is C19H25ClN2O3. The van der Waals surface area contributed by atoms with E-state index < -0.39 is 6.04 Å². The first kappa shape index (κ1) is 18.2. The number of amides is 1. The molecule has 1 atom stereocenters. The summed E-state index contributed by atoms with van der Waals surface area (Å²) in [5.74, 6) is -0.202. The second kappa shape index (κ2) is 7.75. The lowest BCUT2D eigenvalue weighted by Crippen LogP contribution is -2.50. The lowest BCUT2D eigenvalue weighted by atomic mass is 10.0. The Kier molecular flexibility index (Phi) is 5.64. The molecule has 5 nitrogen and oxygen atoms in total. The van der Waals surface area contributed by atoms with Gasteiger partial charge in [-0.3, -0.25) is 9.69 Å². The van der Waals surface area contributed by atoms with Crippen molar-refractivity contribution < 1.29 is 14.3 Å². The van der Waals surface area contributed by atoms with Crippen LogP contribution in [0.1, 0.15) is 36.8 Å². The summed E-state index contributed by atoms with van der Waals surface area (Å²) in [4.78, 5) is 28.4. The molecule has 0 spiro atoms. The number of aryl methyl sites for hydroxylation is 1. The Hall–Kier alpha value is -1.59. The van der Waals surface area contributed by atoms with Gasteiger partial charge in [0.25, 0.3) is 0 Å². The Morgan fingerprint density at radius 2 is 2.00 bits per heavy atom. The van der Waals surface area contributed by atoms with Gasteiger partial charge in [0.1, 0.15) is 6.04 Å². The van der Waals surface area contributed by atoms with Gasteiger partial charge in [-0.1, -0.05) is 23.7 Å². The third kappa shape index (κ3) is 3.98. The number of methoxy groups -OCH3 is 1. The fraction of sp³-hybridized carbons (Fsp3) is 0.579. The Morgan fingerprint density at radius 3 is 2.64 bits per heavy atom. The van der Waals surface area contributed by atoms with Gasteiger partial charge in [0, 0.05) is 37.1 Å². The average Bonchev–Trinajstić information content (AvgIpc) is 3.00. The van der Waals surface area contributed by atoms with E-state index in [0.717, 1.165) is 43.1 Å². The SMILES string of the molecule is COC(=O)[C@H]1CCC(=O)N1C1CCN(Cc2ccc(Cl)c(C)c2)CC1. The van der Waals surface area contributed by atoms with Gasteiger partial charge in [-0.25, -0.2) is 4.79 Å². The molecule has 136 valence electrons. The zero-order chi connectivity index (χ0) is 18.0. The predicted octanol–water partition coefficient (Wildman–Crippen LogP) is 2.78. The molecule has 3 rings (SSSR count). The number of hydrogen-bond acceptors (Lipinski definition) is 4. The summed E-state index contributed by atoms with van der Waals surface area (Å²) in [5.41, 5.74) is 2.35. The molecule has 1 amide bonds. The summed E-state index contributed by atoms with van der Waals surface area (Å²) >= 11 is 6.09. The van der Waals surface area contributed by atoms with Gasteiger partial charge >= 0.3 is 5.97 Å². The van der Waals surface area contributed by atoms with Crippen LogP contribution in [0.3, 0.4) is 0 Å².